The maximum atomic E-state index is 15.3. The Kier molecular flexibility index (Phi) is 9.67. The largest absolute Gasteiger partial charge is 0.493 e. The van der Waals surface area contributed by atoms with Crippen LogP contribution in [-0.2, 0) is 41.2 Å². The first-order valence-corrected chi connectivity index (χ1v) is 15.0. The van der Waals surface area contributed by atoms with E-state index in [-0.39, 0.29) is 25.1 Å². The minimum absolute atomic E-state index is 0.101. The van der Waals surface area contributed by atoms with E-state index >= 15 is 8.78 Å². The smallest absolute Gasteiger partial charge is 0.411 e. The van der Waals surface area contributed by atoms with Crippen LogP contribution in [0.2, 0.25) is 0 Å². The number of amides is 1. The number of fused-ring (bicyclic) bond motifs is 1. The lowest BCUT2D eigenvalue weighted by atomic mass is 9.90. The number of anilines is 1. The summed E-state index contributed by atoms with van der Waals surface area (Å²) in [7, 11) is 3.96. The summed E-state index contributed by atoms with van der Waals surface area (Å²) in [4.78, 5) is 52.4. The molecule has 5 rings (SSSR count). The Balaban J connectivity index is 1.47. The monoisotopic (exact) mass is 680 g/mol. The third-order valence-electron chi connectivity index (χ3n) is 8.71. The Morgan fingerprint density at radius 1 is 1.08 bits per heavy atom. The highest BCUT2D eigenvalue weighted by atomic mass is 19.4. The number of alkyl halides is 3. The van der Waals surface area contributed by atoms with Gasteiger partial charge in [0.2, 0.25) is 0 Å². The number of carbonyl (C=O) groups excluding carboxylic acids is 2. The summed E-state index contributed by atoms with van der Waals surface area (Å²) in [6, 6.07) is 0.904. The number of halogens is 5. The van der Waals surface area contributed by atoms with Gasteiger partial charge in [-0.1, -0.05) is 12.1 Å². The molecule has 1 aromatic heterocycles. The molecular weight excluding hydrogens is 647 g/mol. The van der Waals surface area contributed by atoms with Gasteiger partial charge in [0, 0.05) is 44.0 Å². The fourth-order valence-electron chi connectivity index (χ4n) is 6.09. The Morgan fingerprint density at radius 2 is 1.77 bits per heavy atom. The molecule has 11 nitrogen and oxygen atoms in total. The molecule has 2 aliphatic rings. The number of rotatable bonds is 7. The molecule has 1 N–H and O–H groups in total. The number of benzene rings is 2. The van der Waals surface area contributed by atoms with Crippen molar-refractivity contribution in [2.45, 2.75) is 44.4 Å². The van der Waals surface area contributed by atoms with Crippen molar-refractivity contribution in [3.63, 3.8) is 0 Å². The summed E-state index contributed by atoms with van der Waals surface area (Å²) in [6.45, 7) is 0.837. The van der Waals surface area contributed by atoms with Crippen LogP contribution in [0.15, 0.2) is 33.9 Å². The highest BCUT2D eigenvalue weighted by Gasteiger charge is 2.46. The lowest BCUT2D eigenvalue weighted by molar-refractivity contribution is -0.167. The van der Waals surface area contributed by atoms with Crippen molar-refractivity contribution >= 4 is 17.6 Å². The molecule has 0 spiro atoms. The molecule has 0 radical (unpaired) electrons. The zero-order valence-electron chi connectivity index (χ0n) is 26.5. The van der Waals surface area contributed by atoms with Crippen molar-refractivity contribution in [1.29, 1.82) is 0 Å². The van der Waals surface area contributed by atoms with Gasteiger partial charge in [-0.05, 0) is 43.0 Å². The number of methoxy groups -OCH3 is 1. The van der Waals surface area contributed by atoms with E-state index in [1.807, 2.05) is 0 Å². The van der Waals surface area contributed by atoms with E-state index in [0.29, 0.717) is 59.7 Å². The fraction of sp³-hybridized carbons (Fsp3) is 0.438. The highest BCUT2D eigenvalue weighted by molar-refractivity contribution is 5.97. The number of hydrogen-bond donors (Lipinski definition) is 1. The molecule has 3 aromatic rings. The number of nitrogens with zero attached hydrogens (tertiary/aromatic N) is 3. The second-order valence-electron chi connectivity index (χ2n) is 11.6. The molecule has 1 fully saturated rings. The standard InChI is InChI=1S/C32H33F5N4O7/c1-16-25(29(43)40(3)31(45)39(16)2)20-8-7-17(19-6-5-10-48-27(19)20)12-23(30(44)46-4)38-28(42)26-21(33)13-18(14-22(26)34)41-9-11-47-15-24(41)32(35,36)37/h7-8,13-14,23-24H,5-6,9-12,15H2,1-4H3,(H,38,42)/t23-,24-/m0/s1. The zero-order valence-corrected chi connectivity index (χ0v) is 26.5. The van der Waals surface area contributed by atoms with Gasteiger partial charge < -0.3 is 29.0 Å². The van der Waals surface area contributed by atoms with Crippen molar-refractivity contribution in [2.24, 2.45) is 14.1 Å². The summed E-state index contributed by atoms with van der Waals surface area (Å²) in [5.74, 6) is -4.75. The Labute approximate surface area is 270 Å². The second-order valence-corrected chi connectivity index (χ2v) is 11.6. The summed E-state index contributed by atoms with van der Waals surface area (Å²) in [5, 5.41) is 2.30. The summed E-state index contributed by atoms with van der Waals surface area (Å²) < 4.78 is 89.3. The van der Waals surface area contributed by atoms with Crippen LogP contribution in [0.25, 0.3) is 11.1 Å². The van der Waals surface area contributed by atoms with Gasteiger partial charge >= 0.3 is 17.8 Å². The van der Waals surface area contributed by atoms with Crippen LogP contribution in [-0.4, -0.2) is 72.7 Å². The van der Waals surface area contributed by atoms with Crippen molar-refractivity contribution in [1.82, 2.24) is 14.5 Å². The van der Waals surface area contributed by atoms with Crippen LogP contribution < -0.4 is 26.2 Å². The van der Waals surface area contributed by atoms with Gasteiger partial charge in [-0.25, -0.2) is 18.4 Å². The summed E-state index contributed by atoms with van der Waals surface area (Å²) in [5.41, 5.74) is -0.319. The van der Waals surface area contributed by atoms with Gasteiger partial charge in [-0.3, -0.25) is 14.2 Å². The minimum atomic E-state index is -4.74. The lowest BCUT2D eigenvalue weighted by Gasteiger charge is -2.38. The maximum absolute atomic E-state index is 15.3. The number of hydrogen-bond acceptors (Lipinski definition) is 8. The van der Waals surface area contributed by atoms with Gasteiger partial charge in [-0.2, -0.15) is 13.2 Å². The Hall–Kier alpha value is -4.73. The molecule has 1 amide bonds. The minimum Gasteiger partial charge on any atom is -0.493 e. The maximum Gasteiger partial charge on any atom is 0.411 e. The van der Waals surface area contributed by atoms with Crippen LogP contribution in [0.1, 0.15) is 33.6 Å². The third kappa shape index (κ3) is 6.40. The predicted octanol–water partition coefficient (Wildman–Crippen LogP) is 2.94. The van der Waals surface area contributed by atoms with Gasteiger partial charge in [0.1, 0.15) is 35.0 Å². The molecule has 0 aliphatic carbocycles. The first kappa shape index (κ1) is 34.6. The quantitative estimate of drug-likeness (QED) is 0.299. The van der Waals surface area contributed by atoms with E-state index in [1.165, 1.54) is 18.7 Å². The van der Waals surface area contributed by atoms with E-state index in [4.69, 9.17) is 14.2 Å². The number of carbonyl (C=O) groups is 2. The average Bonchev–Trinajstić information content (AvgIpc) is 3.05. The molecule has 2 atom stereocenters. The predicted molar refractivity (Wildman–Crippen MR) is 162 cm³/mol. The number of esters is 1. The van der Waals surface area contributed by atoms with Crippen molar-refractivity contribution in [3.8, 4) is 16.9 Å². The van der Waals surface area contributed by atoms with Crippen molar-refractivity contribution in [3.05, 3.63) is 79.1 Å². The highest BCUT2D eigenvalue weighted by Crippen LogP contribution is 2.39. The van der Waals surface area contributed by atoms with Gasteiger partial charge in [0.05, 0.1) is 32.5 Å². The summed E-state index contributed by atoms with van der Waals surface area (Å²) >= 11 is 0. The van der Waals surface area contributed by atoms with Crippen LogP contribution in [0.5, 0.6) is 5.75 Å². The van der Waals surface area contributed by atoms with Gasteiger partial charge in [0.15, 0.2) is 0 Å². The van der Waals surface area contributed by atoms with E-state index in [2.05, 4.69) is 5.32 Å². The SMILES string of the molecule is COC(=O)[C@H](Cc1ccc(-c2c(C)n(C)c(=O)n(C)c2=O)c2c1CCCO2)NC(=O)c1c(F)cc(N2CCOC[C@H]2C(F)(F)F)cc1F. The first-order valence-electron chi connectivity index (χ1n) is 15.0. The molecule has 48 heavy (non-hydrogen) atoms. The normalized spacial score (nSPS) is 16.9. The molecule has 1 saturated heterocycles. The van der Waals surface area contributed by atoms with Gasteiger partial charge in [-0.15, -0.1) is 0 Å². The van der Waals surface area contributed by atoms with Gasteiger partial charge in [0.25, 0.3) is 11.5 Å². The molecule has 0 unspecified atom stereocenters. The fourth-order valence-corrected chi connectivity index (χ4v) is 6.09. The molecule has 0 saturated carbocycles. The number of morpholine rings is 1. The van der Waals surface area contributed by atoms with E-state index in [1.54, 1.807) is 19.1 Å². The van der Waals surface area contributed by atoms with Crippen molar-refractivity contribution < 1.29 is 45.8 Å². The zero-order chi connectivity index (χ0) is 35.1. The van der Waals surface area contributed by atoms with E-state index in [9.17, 15) is 32.3 Å². The number of nitrogens with one attached hydrogen (secondary N) is 1. The Morgan fingerprint density at radius 3 is 2.42 bits per heavy atom. The van der Waals surface area contributed by atoms with E-state index < -0.39 is 70.9 Å². The molecular formula is C32H33F5N4O7. The molecule has 258 valence electrons. The van der Waals surface area contributed by atoms with Crippen LogP contribution >= 0.6 is 0 Å². The average molecular weight is 681 g/mol. The topological polar surface area (TPSA) is 121 Å². The first-order chi connectivity index (χ1) is 22.6. The van der Waals surface area contributed by atoms with Crippen LogP contribution in [0, 0.1) is 18.6 Å². The molecule has 3 heterocycles. The van der Waals surface area contributed by atoms with Crippen LogP contribution in [0.4, 0.5) is 27.6 Å². The molecule has 0 bridgehead atoms. The second kappa shape index (κ2) is 13.4. The van der Waals surface area contributed by atoms with Crippen LogP contribution in [0.3, 0.4) is 0 Å². The number of ether oxygens (including phenoxy) is 3. The molecule has 2 aromatic carbocycles. The number of aromatic nitrogens is 2. The van der Waals surface area contributed by atoms with Crippen molar-refractivity contribution in [2.75, 3.05) is 38.4 Å². The van der Waals surface area contributed by atoms with E-state index in [0.717, 1.165) is 16.6 Å². The third-order valence-corrected chi connectivity index (χ3v) is 8.71. The molecule has 16 heteroatoms. The Bertz CT molecular complexity index is 1870. The summed E-state index contributed by atoms with van der Waals surface area (Å²) in [6.07, 6.45) is -3.88. The lowest BCUT2D eigenvalue weighted by Crippen LogP contribution is -2.53. The molecule has 2 aliphatic heterocycles.